The molecule has 0 spiro atoms. The van der Waals surface area contributed by atoms with Gasteiger partial charge >= 0.3 is 0 Å². The molecule has 0 saturated heterocycles. The molecule has 10 heavy (non-hydrogen) atoms. The van der Waals surface area contributed by atoms with Gasteiger partial charge in [0.05, 0.1) is 0 Å². The van der Waals surface area contributed by atoms with Crippen molar-refractivity contribution < 1.29 is 160 Å². The second-order valence-corrected chi connectivity index (χ2v) is 0.622. The third kappa shape index (κ3) is 37.9. The van der Waals surface area contributed by atoms with E-state index in [0.717, 1.165) is 0 Å². The van der Waals surface area contributed by atoms with E-state index in [1.807, 2.05) is 0 Å². The van der Waals surface area contributed by atoms with Gasteiger partial charge < -0.3 is 11.7 Å². The van der Waals surface area contributed by atoms with E-state index in [1.165, 1.54) is 6.61 Å². The van der Waals surface area contributed by atoms with Crippen LogP contribution in [0.5, 0.6) is 0 Å². The Labute approximate surface area is 182 Å². The van der Waals surface area contributed by atoms with Crippen LogP contribution in [0.2, 0.25) is 0 Å². The molecule has 0 aromatic heterocycles. The van der Waals surface area contributed by atoms with Gasteiger partial charge in [-0.2, -0.15) is 0 Å². The Kier molecular flexibility index (Phi) is 133. The third-order valence-corrected chi connectivity index (χ3v) is 0.236. The SMILES string of the molecule is [CH2-]C[CH-]O[CH2-].[U].[U].[U].[U].[U]. The van der Waals surface area contributed by atoms with Gasteiger partial charge in [0.15, 0.2) is 0 Å². The minimum absolute atomic E-state index is 0. The van der Waals surface area contributed by atoms with Gasteiger partial charge in [0, 0.05) is 156 Å². The monoisotopic (exact) mass is 1260 g/mol. The molecule has 0 saturated carbocycles. The Morgan fingerprint density at radius 3 is 1.30 bits per heavy atom. The molecule has 52 valence electrons. The number of ether oxygens (including phenoxy) is 1. The van der Waals surface area contributed by atoms with Crippen molar-refractivity contribution in [2.45, 2.75) is 6.42 Å². The first-order chi connectivity index (χ1) is 2.41. The van der Waals surface area contributed by atoms with E-state index in [2.05, 4.69) is 18.8 Å². The summed E-state index contributed by atoms with van der Waals surface area (Å²) >= 11 is 0. The van der Waals surface area contributed by atoms with E-state index in [-0.39, 0.29) is 156 Å². The van der Waals surface area contributed by atoms with Crippen molar-refractivity contribution >= 4 is 0 Å². The molecule has 0 unspecified atom stereocenters. The Morgan fingerprint density at radius 2 is 1.30 bits per heavy atom. The van der Waals surface area contributed by atoms with Gasteiger partial charge in [-0.1, -0.05) is 0 Å². The zero-order valence-corrected chi connectivity index (χ0v) is 26.4. The molecule has 1 nitrogen and oxygen atoms in total. The van der Waals surface area contributed by atoms with Crippen LogP contribution in [0.25, 0.3) is 0 Å². The predicted molar refractivity (Wildman–Crippen MR) is 20.7 cm³/mol. The van der Waals surface area contributed by atoms with Gasteiger partial charge in [-0.05, 0) is 0 Å². The van der Waals surface area contributed by atoms with Crippen molar-refractivity contribution in [3.8, 4) is 0 Å². The molecule has 0 radical (unpaired) electrons. The zero-order chi connectivity index (χ0) is 4.12. The van der Waals surface area contributed by atoms with E-state index in [9.17, 15) is 0 Å². The second-order valence-electron chi connectivity index (χ2n) is 0.622. The van der Waals surface area contributed by atoms with E-state index in [1.54, 1.807) is 0 Å². The summed E-state index contributed by atoms with van der Waals surface area (Å²) < 4.78 is 4.25. The summed E-state index contributed by atoms with van der Waals surface area (Å²) in [6.07, 6.45) is 0.684. The first-order valence-electron chi connectivity index (χ1n) is 1.43. The Morgan fingerprint density at radius 1 is 1.00 bits per heavy atom. The average Bonchev–Trinajstić information content (AvgIpc) is 1.41. The summed E-state index contributed by atoms with van der Waals surface area (Å²) in [4.78, 5) is 0. The van der Waals surface area contributed by atoms with Gasteiger partial charge in [0.1, 0.15) is 0 Å². The zero-order valence-electron chi connectivity index (χ0n) is 5.61. The Hall–Kier alpha value is 5.22. The van der Waals surface area contributed by atoms with Crippen LogP contribution < -0.4 is 0 Å². The summed E-state index contributed by atoms with van der Waals surface area (Å²) in [6.45, 7) is 4.98. The summed E-state index contributed by atoms with van der Waals surface area (Å²) in [5, 5.41) is 0. The standard InChI is InChI=1S/C4H7O.5U/c1-3-4-5-2;;;;;/h4H,1-3H2;;;;;/q-3;;;;;. The summed E-state index contributed by atoms with van der Waals surface area (Å²) in [7, 11) is 3.08. The van der Waals surface area contributed by atoms with Crippen LogP contribution in [0.1, 0.15) is 6.42 Å². The van der Waals surface area contributed by atoms with Gasteiger partial charge in [-0.15, -0.1) is 0 Å². The van der Waals surface area contributed by atoms with Crippen LogP contribution in [0.4, 0.5) is 0 Å². The number of hydrogen-bond donors (Lipinski definition) is 0. The molecule has 0 aliphatic carbocycles. The maximum atomic E-state index is 4.25. The predicted octanol–water partition coefficient (Wildman–Crippen LogP) is 1.18. The third-order valence-electron chi connectivity index (χ3n) is 0.236. The van der Waals surface area contributed by atoms with Gasteiger partial charge in [0.25, 0.3) is 0 Å². The van der Waals surface area contributed by atoms with E-state index in [4.69, 9.17) is 0 Å². The van der Waals surface area contributed by atoms with Crippen LogP contribution in [0, 0.1) is 176 Å². The molecule has 0 aromatic rings. The van der Waals surface area contributed by atoms with Crippen molar-refractivity contribution in [2.75, 3.05) is 0 Å². The maximum Gasteiger partial charge on any atom is 0 e. The molecule has 0 bridgehead atoms. The van der Waals surface area contributed by atoms with Crippen molar-refractivity contribution in [1.29, 1.82) is 0 Å². The Balaban J connectivity index is -0.00000000800. The van der Waals surface area contributed by atoms with Gasteiger partial charge in [0.2, 0.25) is 0 Å². The first kappa shape index (κ1) is 36.2. The van der Waals surface area contributed by atoms with E-state index >= 15 is 0 Å². The van der Waals surface area contributed by atoms with Crippen LogP contribution in [-0.2, 0) is 4.74 Å². The molecular formula is C4H7OU5-3. The molecule has 0 fully saturated rings. The summed E-state index contributed by atoms with van der Waals surface area (Å²) in [5.41, 5.74) is 0. The molecule has 6 heteroatoms. The van der Waals surface area contributed by atoms with Gasteiger partial charge in [-0.25, -0.2) is 0 Å². The van der Waals surface area contributed by atoms with Crippen LogP contribution in [0.3, 0.4) is 0 Å². The maximum absolute atomic E-state index is 4.25. The topological polar surface area (TPSA) is 9.23 Å². The molecule has 0 N–H and O–H groups in total. The minimum Gasteiger partial charge on any atom is -0.718 e. The molecule has 0 rings (SSSR count). The van der Waals surface area contributed by atoms with Crippen LogP contribution in [0.15, 0.2) is 0 Å². The fourth-order valence-electron chi connectivity index (χ4n) is 0.0833. The molecule has 0 atom stereocenters. The van der Waals surface area contributed by atoms with Gasteiger partial charge in [-0.3, -0.25) is 20.1 Å². The number of hydrogen-bond acceptors (Lipinski definition) is 1. The molecule has 0 aliphatic heterocycles. The van der Waals surface area contributed by atoms with Crippen molar-refractivity contribution in [3.05, 3.63) is 20.6 Å². The van der Waals surface area contributed by atoms with E-state index < -0.39 is 0 Å². The molecular weight excluding hydrogens is 1250 g/mol. The van der Waals surface area contributed by atoms with Crippen LogP contribution >= 0.6 is 0 Å². The Bertz CT molecular complexity index is 21.1. The van der Waals surface area contributed by atoms with Crippen molar-refractivity contribution in [1.82, 2.24) is 0 Å². The molecule has 0 aliphatic rings. The van der Waals surface area contributed by atoms with Crippen molar-refractivity contribution in [3.63, 3.8) is 0 Å². The molecule has 0 heterocycles. The minimum atomic E-state index is 0. The quantitative estimate of drug-likeness (QED) is 0.379. The van der Waals surface area contributed by atoms with Crippen LogP contribution in [-0.4, -0.2) is 0 Å². The second kappa shape index (κ2) is 36.8. The largest absolute Gasteiger partial charge is 0.718 e. The summed E-state index contributed by atoms with van der Waals surface area (Å²) in [5.74, 6) is 0. The van der Waals surface area contributed by atoms with E-state index in [0.29, 0.717) is 6.42 Å². The summed E-state index contributed by atoms with van der Waals surface area (Å²) in [6, 6.07) is 0. The fourth-order valence-corrected chi connectivity index (χ4v) is 0.0833. The fraction of sp³-hybridized carbons (Fsp3) is 0.250. The first-order valence-corrected chi connectivity index (χ1v) is 1.43. The number of rotatable bonds is 2. The normalized spacial score (nSPS) is 4.20. The average molecular weight is 1260 g/mol. The van der Waals surface area contributed by atoms with Crippen molar-refractivity contribution in [2.24, 2.45) is 0 Å². The molecule has 0 aromatic carbocycles. The smallest absolute Gasteiger partial charge is 0 e. The molecule has 0 amide bonds.